The molecule has 0 unspecified atom stereocenters. The van der Waals surface area contributed by atoms with Crippen LogP contribution in [0, 0.1) is 5.82 Å². The number of carbonyl (C=O) groups excluding carboxylic acids is 1. The Bertz CT molecular complexity index is 463. The topological polar surface area (TPSA) is 96.9 Å². The predicted molar refractivity (Wildman–Crippen MR) is 62.6 cm³/mol. The maximum Gasteiger partial charge on any atom is 0.246 e. The van der Waals surface area contributed by atoms with Crippen molar-refractivity contribution in [3.63, 3.8) is 0 Å². The van der Waals surface area contributed by atoms with Gasteiger partial charge in [-0.1, -0.05) is 17.3 Å². The molecule has 0 aliphatic heterocycles. The van der Waals surface area contributed by atoms with Crippen LogP contribution in [-0.2, 0) is 16.1 Å². The van der Waals surface area contributed by atoms with Crippen molar-refractivity contribution >= 4 is 11.7 Å². The zero-order valence-corrected chi connectivity index (χ0v) is 9.81. The van der Waals surface area contributed by atoms with E-state index in [1.165, 1.54) is 19.2 Å². The first kappa shape index (κ1) is 13.9. The molecule has 0 radical (unpaired) electrons. The molecule has 0 saturated carbocycles. The van der Waals surface area contributed by atoms with Crippen LogP contribution >= 0.6 is 0 Å². The molecule has 0 aliphatic rings. The van der Waals surface area contributed by atoms with Crippen molar-refractivity contribution in [1.82, 2.24) is 5.32 Å². The van der Waals surface area contributed by atoms with Crippen molar-refractivity contribution < 1.29 is 19.1 Å². The molecule has 0 saturated heterocycles. The summed E-state index contributed by atoms with van der Waals surface area (Å²) < 4.78 is 18.2. The molecule has 0 fully saturated rings. The highest BCUT2D eigenvalue weighted by Crippen LogP contribution is 2.10. The highest BCUT2D eigenvalue weighted by molar-refractivity contribution is 5.97. The maximum absolute atomic E-state index is 13.6. The van der Waals surface area contributed by atoms with Gasteiger partial charge in [0.1, 0.15) is 12.4 Å². The summed E-state index contributed by atoms with van der Waals surface area (Å²) in [7, 11) is 1.39. The van der Waals surface area contributed by atoms with Gasteiger partial charge < -0.3 is 21.0 Å². The summed E-state index contributed by atoms with van der Waals surface area (Å²) >= 11 is 0. The lowest BCUT2D eigenvalue weighted by Crippen LogP contribution is -2.27. The highest BCUT2D eigenvalue weighted by Gasteiger charge is 2.07. The van der Waals surface area contributed by atoms with Gasteiger partial charge in [-0.25, -0.2) is 4.39 Å². The minimum absolute atomic E-state index is 0.0461. The Morgan fingerprint density at radius 3 is 2.89 bits per heavy atom. The van der Waals surface area contributed by atoms with Crippen LogP contribution in [0.25, 0.3) is 0 Å². The van der Waals surface area contributed by atoms with Crippen LogP contribution in [-0.4, -0.2) is 30.7 Å². The number of nitrogens with zero attached hydrogens (tertiary/aromatic N) is 1. The molecule has 98 valence electrons. The van der Waals surface area contributed by atoms with Crippen LogP contribution < -0.4 is 11.1 Å². The minimum atomic E-state index is -0.545. The summed E-state index contributed by atoms with van der Waals surface area (Å²) in [5, 5.41) is 13.7. The van der Waals surface area contributed by atoms with Gasteiger partial charge in [-0.3, -0.25) is 4.79 Å². The van der Waals surface area contributed by atoms with Gasteiger partial charge in [-0.05, 0) is 6.07 Å². The number of amides is 1. The number of nitrogens with one attached hydrogen (secondary N) is 1. The first-order valence-electron chi connectivity index (χ1n) is 5.10. The van der Waals surface area contributed by atoms with E-state index in [0.29, 0.717) is 5.56 Å². The summed E-state index contributed by atoms with van der Waals surface area (Å²) in [4.78, 5) is 11.1. The van der Waals surface area contributed by atoms with Gasteiger partial charge in [0.15, 0.2) is 5.84 Å². The fourth-order valence-electron chi connectivity index (χ4n) is 1.28. The SMILES string of the molecule is COCC(=O)NCc1ccc(C(N)=NO)cc1F. The quantitative estimate of drug-likeness (QED) is 0.302. The average molecular weight is 255 g/mol. The van der Waals surface area contributed by atoms with E-state index in [1.807, 2.05) is 0 Å². The van der Waals surface area contributed by atoms with E-state index in [9.17, 15) is 9.18 Å². The monoisotopic (exact) mass is 255 g/mol. The van der Waals surface area contributed by atoms with Gasteiger partial charge in [-0.15, -0.1) is 0 Å². The predicted octanol–water partition coefficient (Wildman–Crippen LogP) is 0.183. The van der Waals surface area contributed by atoms with Crippen molar-refractivity contribution in [2.24, 2.45) is 10.9 Å². The van der Waals surface area contributed by atoms with Gasteiger partial charge in [0, 0.05) is 24.8 Å². The lowest BCUT2D eigenvalue weighted by molar-refractivity contribution is -0.124. The molecule has 0 atom stereocenters. The molecule has 0 aliphatic carbocycles. The smallest absolute Gasteiger partial charge is 0.246 e. The van der Waals surface area contributed by atoms with E-state index < -0.39 is 5.82 Å². The largest absolute Gasteiger partial charge is 0.409 e. The first-order valence-corrected chi connectivity index (χ1v) is 5.10. The van der Waals surface area contributed by atoms with E-state index in [0.717, 1.165) is 6.07 Å². The molecular weight excluding hydrogens is 241 g/mol. The number of methoxy groups -OCH3 is 1. The zero-order chi connectivity index (χ0) is 13.5. The van der Waals surface area contributed by atoms with E-state index in [4.69, 9.17) is 10.9 Å². The second-order valence-electron chi connectivity index (χ2n) is 3.50. The fraction of sp³-hybridized carbons (Fsp3) is 0.273. The molecule has 0 heterocycles. The van der Waals surface area contributed by atoms with Crippen LogP contribution in [0.15, 0.2) is 23.4 Å². The number of oxime groups is 1. The molecule has 0 aromatic heterocycles. The third-order valence-corrected chi connectivity index (χ3v) is 2.21. The molecule has 7 heteroatoms. The Balaban J connectivity index is 2.71. The highest BCUT2D eigenvalue weighted by atomic mass is 19.1. The summed E-state index contributed by atoms with van der Waals surface area (Å²) in [6, 6.07) is 4.08. The number of amidine groups is 1. The first-order chi connectivity index (χ1) is 8.58. The van der Waals surface area contributed by atoms with Crippen LogP contribution in [0.5, 0.6) is 0 Å². The number of hydrogen-bond donors (Lipinski definition) is 3. The molecule has 1 rings (SSSR count). The Kier molecular flexibility index (Phi) is 5.06. The van der Waals surface area contributed by atoms with Gasteiger partial charge in [-0.2, -0.15) is 0 Å². The summed E-state index contributed by atoms with van der Waals surface area (Å²) in [6.45, 7) is -0.0334. The molecule has 6 nitrogen and oxygen atoms in total. The van der Waals surface area contributed by atoms with Crippen molar-refractivity contribution in [2.45, 2.75) is 6.54 Å². The normalized spacial score (nSPS) is 11.3. The van der Waals surface area contributed by atoms with Crippen LogP contribution in [0.2, 0.25) is 0 Å². The lowest BCUT2D eigenvalue weighted by Gasteiger charge is -2.07. The number of hydrogen-bond acceptors (Lipinski definition) is 4. The number of halogens is 1. The number of rotatable bonds is 5. The summed E-state index contributed by atoms with van der Waals surface area (Å²) in [6.07, 6.45) is 0. The Hall–Kier alpha value is -2.15. The average Bonchev–Trinajstić information content (AvgIpc) is 2.36. The van der Waals surface area contributed by atoms with Gasteiger partial charge in [0.05, 0.1) is 0 Å². The van der Waals surface area contributed by atoms with Gasteiger partial charge >= 0.3 is 0 Å². The lowest BCUT2D eigenvalue weighted by atomic mass is 10.1. The van der Waals surface area contributed by atoms with Gasteiger partial charge in [0.2, 0.25) is 5.91 Å². The molecule has 0 spiro atoms. The number of carbonyl (C=O) groups is 1. The van der Waals surface area contributed by atoms with E-state index >= 15 is 0 Å². The van der Waals surface area contributed by atoms with Crippen LogP contribution in [0.1, 0.15) is 11.1 Å². The zero-order valence-electron chi connectivity index (χ0n) is 9.81. The molecule has 4 N–H and O–H groups in total. The fourth-order valence-corrected chi connectivity index (χ4v) is 1.28. The third kappa shape index (κ3) is 3.70. The summed E-state index contributed by atoms with van der Waals surface area (Å²) in [5.74, 6) is -1.06. The van der Waals surface area contributed by atoms with E-state index in [2.05, 4.69) is 15.2 Å². The number of nitrogens with two attached hydrogens (primary N) is 1. The summed E-state index contributed by atoms with van der Waals surface area (Å²) in [5.41, 5.74) is 5.89. The van der Waals surface area contributed by atoms with E-state index in [1.54, 1.807) is 0 Å². The van der Waals surface area contributed by atoms with E-state index in [-0.39, 0.29) is 30.5 Å². The van der Waals surface area contributed by atoms with Crippen molar-refractivity contribution in [2.75, 3.05) is 13.7 Å². The van der Waals surface area contributed by atoms with Crippen molar-refractivity contribution in [3.8, 4) is 0 Å². The van der Waals surface area contributed by atoms with Crippen molar-refractivity contribution in [3.05, 3.63) is 35.1 Å². The van der Waals surface area contributed by atoms with Crippen LogP contribution in [0.4, 0.5) is 4.39 Å². The molecule has 1 aromatic rings. The Morgan fingerprint density at radius 2 is 2.33 bits per heavy atom. The Labute approximate surface area is 103 Å². The Morgan fingerprint density at radius 1 is 1.61 bits per heavy atom. The van der Waals surface area contributed by atoms with Gasteiger partial charge in [0.25, 0.3) is 0 Å². The molecule has 1 amide bonds. The number of benzene rings is 1. The maximum atomic E-state index is 13.6. The minimum Gasteiger partial charge on any atom is -0.409 e. The molecule has 1 aromatic carbocycles. The third-order valence-electron chi connectivity index (χ3n) is 2.21. The van der Waals surface area contributed by atoms with Crippen LogP contribution in [0.3, 0.4) is 0 Å². The second kappa shape index (κ2) is 6.55. The standard InChI is InChI=1S/C11H14FN3O3/c1-18-6-10(16)14-5-8-3-2-7(4-9(8)12)11(13)15-17/h2-4,17H,5-6H2,1H3,(H2,13,15)(H,14,16). The molecular formula is C11H14FN3O3. The molecule has 0 bridgehead atoms. The second-order valence-corrected chi connectivity index (χ2v) is 3.50. The molecule has 18 heavy (non-hydrogen) atoms. The number of ether oxygens (including phenoxy) is 1. The van der Waals surface area contributed by atoms with Crippen molar-refractivity contribution in [1.29, 1.82) is 0 Å².